The summed E-state index contributed by atoms with van der Waals surface area (Å²) < 4.78 is 10.8. The Morgan fingerprint density at radius 3 is 2.95 bits per heavy atom. The van der Waals surface area contributed by atoms with Crippen LogP contribution >= 0.6 is 0 Å². The van der Waals surface area contributed by atoms with Gasteiger partial charge < -0.3 is 19.1 Å². The lowest BCUT2D eigenvalue weighted by Gasteiger charge is -2.16. The number of nitrogens with one attached hydrogen (secondary N) is 1. The normalized spacial score (nSPS) is 10.8. The Balaban J connectivity index is 2.04. The van der Waals surface area contributed by atoms with E-state index >= 15 is 0 Å². The minimum Gasteiger partial charge on any atom is -0.459 e. The maximum absolute atomic E-state index is 12.1. The zero-order valence-electron chi connectivity index (χ0n) is 12.0. The van der Waals surface area contributed by atoms with E-state index in [1.165, 1.54) is 0 Å². The van der Waals surface area contributed by atoms with Crippen molar-refractivity contribution in [2.45, 2.75) is 13.3 Å². The van der Waals surface area contributed by atoms with E-state index in [1.54, 1.807) is 37.3 Å². The van der Waals surface area contributed by atoms with Crippen molar-refractivity contribution < 1.29 is 13.6 Å². The maximum atomic E-state index is 12.1. The first-order valence-corrected chi connectivity index (χ1v) is 6.50. The molecule has 0 unspecified atom stereocenters. The Kier molecular flexibility index (Phi) is 4.57. The van der Waals surface area contributed by atoms with E-state index < -0.39 is 0 Å². The van der Waals surface area contributed by atoms with Crippen molar-refractivity contribution in [1.82, 2.24) is 15.2 Å². The summed E-state index contributed by atoms with van der Waals surface area (Å²) in [6, 6.07) is 3.54. The predicted octanol–water partition coefficient (Wildman–Crippen LogP) is 1.46. The number of carbonyl (C=O) groups is 1. The Labute approximate surface area is 117 Å². The summed E-state index contributed by atoms with van der Waals surface area (Å²) >= 11 is 0. The molecule has 20 heavy (non-hydrogen) atoms. The fraction of sp³-hybridized carbons (Fsp3) is 0.429. The molecule has 6 nitrogen and oxygen atoms in total. The van der Waals surface area contributed by atoms with Gasteiger partial charge in [-0.05, 0) is 26.1 Å². The van der Waals surface area contributed by atoms with Crippen LogP contribution in [0.4, 0.5) is 0 Å². The standard InChI is InChI=1S/C14H19N3O3/c1-10-11(9-13(18)17(3)7-6-15-2)16-14(20-10)12-5-4-8-19-12/h4-5,8,15H,6-7,9H2,1-3H3. The molecule has 0 saturated carbocycles. The van der Waals surface area contributed by atoms with Crippen LogP contribution < -0.4 is 5.32 Å². The third-order valence-corrected chi connectivity index (χ3v) is 3.07. The zero-order valence-corrected chi connectivity index (χ0v) is 12.0. The Hall–Kier alpha value is -2.08. The summed E-state index contributed by atoms with van der Waals surface area (Å²) in [5.74, 6) is 1.64. The van der Waals surface area contributed by atoms with Gasteiger partial charge in [-0.2, -0.15) is 0 Å². The second kappa shape index (κ2) is 6.38. The first kappa shape index (κ1) is 14.3. The molecule has 2 aromatic heterocycles. The number of likely N-dealkylation sites (N-methyl/N-ethyl adjacent to an activating group) is 2. The van der Waals surface area contributed by atoms with Crippen molar-refractivity contribution >= 4 is 5.91 Å². The molecule has 108 valence electrons. The van der Waals surface area contributed by atoms with E-state index in [1.807, 2.05) is 7.05 Å². The van der Waals surface area contributed by atoms with E-state index in [9.17, 15) is 4.79 Å². The van der Waals surface area contributed by atoms with Crippen LogP contribution in [0.5, 0.6) is 0 Å². The third-order valence-electron chi connectivity index (χ3n) is 3.07. The van der Waals surface area contributed by atoms with Crippen molar-refractivity contribution in [3.8, 4) is 11.7 Å². The maximum Gasteiger partial charge on any atom is 0.263 e. The van der Waals surface area contributed by atoms with Gasteiger partial charge >= 0.3 is 0 Å². The van der Waals surface area contributed by atoms with Crippen molar-refractivity contribution in [2.75, 3.05) is 27.2 Å². The number of furan rings is 1. The topological polar surface area (TPSA) is 71.5 Å². The zero-order chi connectivity index (χ0) is 14.5. The quantitative estimate of drug-likeness (QED) is 0.865. The van der Waals surface area contributed by atoms with Gasteiger partial charge in [0, 0.05) is 20.1 Å². The molecular weight excluding hydrogens is 258 g/mol. The van der Waals surface area contributed by atoms with E-state index in [0.717, 1.165) is 6.54 Å². The molecule has 0 radical (unpaired) electrons. The molecule has 1 amide bonds. The average Bonchev–Trinajstić information content (AvgIpc) is 3.06. The van der Waals surface area contributed by atoms with Crippen molar-refractivity contribution in [3.05, 3.63) is 29.9 Å². The highest BCUT2D eigenvalue weighted by molar-refractivity contribution is 5.78. The third kappa shape index (κ3) is 3.27. The Morgan fingerprint density at radius 2 is 2.30 bits per heavy atom. The van der Waals surface area contributed by atoms with E-state index in [-0.39, 0.29) is 12.3 Å². The number of aromatic nitrogens is 1. The average molecular weight is 277 g/mol. The first-order chi connectivity index (χ1) is 9.61. The summed E-state index contributed by atoms with van der Waals surface area (Å²) in [4.78, 5) is 18.1. The van der Waals surface area contributed by atoms with E-state index in [0.29, 0.717) is 29.6 Å². The summed E-state index contributed by atoms with van der Waals surface area (Å²) in [5.41, 5.74) is 0.651. The number of aryl methyl sites for hydroxylation is 1. The molecule has 1 N–H and O–H groups in total. The van der Waals surface area contributed by atoms with Gasteiger partial charge in [0.25, 0.3) is 5.89 Å². The SMILES string of the molecule is CNCCN(C)C(=O)Cc1nc(-c2ccco2)oc1C. The molecule has 2 aromatic rings. The summed E-state index contributed by atoms with van der Waals surface area (Å²) in [6.07, 6.45) is 1.79. The van der Waals surface area contributed by atoms with E-state index in [2.05, 4.69) is 10.3 Å². The van der Waals surface area contributed by atoms with Gasteiger partial charge in [0.1, 0.15) is 5.76 Å². The number of oxazole rings is 1. The molecule has 0 fully saturated rings. The lowest BCUT2D eigenvalue weighted by Crippen LogP contribution is -2.33. The van der Waals surface area contributed by atoms with Crippen LogP contribution in [0.25, 0.3) is 11.7 Å². The highest BCUT2D eigenvalue weighted by Gasteiger charge is 2.17. The fourth-order valence-corrected chi connectivity index (χ4v) is 1.78. The van der Waals surface area contributed by atoms with E-state index in [4.69, 9.17) is 8.83 Å². The molecule has 2 rings (SSSR count). The first-order valence-electron chi connectivity index (χ1n) is 6.50. The van der Waals surface area contributed by atoms with Gasteiger partial charge in [0.15, 0.2) is 5.76 Å². The number of carbonyl (C=O) groups excluding carboxylic acids is 1. The van der Waals surface area contributed by atoms with Crippen LogP contribution in [0.1, 0.15) is 11.5 Å². The lowest BCUT2D eigenvalue weighted by atomic mass is 10.2. The van der Waals surface area contributed by atoms with Crippen LogP contribution in [-0.2, 0) is 11.2 Å². The number of rotatable bonds is 6. The molecular formula is C14H19N3O3. The van der Waals surface area contributed by atoms with Gasteiger partial charge in [0.2, 0.25) is 5.91 Å². The fourth-order valence-electron chi connectivity index (χ4n) is 1.78. The molecule has 0 aliphatic carbocycles. The number of amides is 1. The molecule has 0 saturated heterocycles. The molecule has 0 aliphatic rings. The van der Waals surface area contributed by atoms with Gasteiger partial charge in [0.05, 0.1) is 18.4 Å². The van der Waals surface area contributed by atoms with Crippen LogP contribution in [-0.4, -0.2) is 43.0 Å². The summed E-state index contributed by atoms with van der Waals surface area (Å²) in [6.45, 7) is 3.23. The number of nitrogens with zero attached hydrogens (tertiary/aromatic N) is 2. The monoisotopic (exact) mass is 277 g/mol. The molecule has 2 heterocycles. The molecule has 0 aliphatic heterocycles. The lowest BCUT2D eigenvalue weighted by molar-refractivity contribution is -0.129. The van der Waals surface area contributed by atoms with Gasteiger partial charge in [-0.15, -0.1) is 0 Å². The van der Waals surface area contributed by atoms with Gasteiger partial charge in [-0.1, -0.05) is 0 Å². The highest BCUT2D eigenvalue weighted by atomic mass is 16.4. The molecule has 0 bridgehead atoms. The van der Waals surface area contributed by atoms with Crippen LogP contribution in [0.2, 0.25) is 0 Å². The highest BCUT2D eigenvalue weighted by Crippen LogP contribution is 2.22. The second-order valence-electron chi connectivity index (χ2n) is 4.59. The molecule has 0 aromatic carbocycles. The van der Waals surface area contributed by atoms with Crippen LogP contribution in [0.3, 0.4) is 0 Å². The largest absolute Gasteiger partial charge is 0.459 e. The summed E-state index contributed by atoms with van der Waals surface area (Å²) in [7, 11) is 3.64. The van der Waals surface area contributed by atoms with Crippen molar-refractivity contribution in [3.63, 3.8) is 0 Å². The number of hydrogen-bond acceptors (Lipinski definition) is 5. The summed E-state index contributed by atoms with van der Waals surface area (Å²) in [5, 5.41) is 3.01. The number of hydrogen-bond donors (Lipinski definition) is 1. The van der Waals surface area contributed by atoms with Crippen molar-refractivity contribution in [2.24, 2.45) is 0 Å². The van der Waals surface area contributed by atoms with Crippen LogP contribution in [0, 0.1) is 6.92 Å². The molecule has 6 heteroatoms. The minimum absolute atomic E-state index is 0.0163. The van der Waals surface area contributed by atoms with Crippen molar-refractivity contribution in [1.29, 1.82) is 0 Å². The molecule has 0 atom stereocenters. The second-order valence-corrected chi connectivity index (χ2v) is 4.59. The van der Waals surface area contributed by atoms with Gasteiger partial charge in [-0.3, -0.25) is 4.79 Å². The molecule has 0 spiro atoms. The smallest absolute Gasteiger partial charge is 0.263 e. The Morgan fingerprint density at radius 1 is 1.50 bits per heavy atom. The minimum atomic E-state index is 0.0163. The van der Waals surface area contributed by atoms with Gasteiger partial charge in [-0.25, -0.2) is 4.98 Å². The predicted molar refractivity (Wildman–Crippen MR) is 74.2 cm³/mol. The van der Waals surface area contributed by atoms with Crippen LogP contribution in [0.15, 0.2) is 27.2 Å². The Bertz CT molecular complexity index is 560.